The zero-order valence-corrected chi connectivity index (χ0v) is 10.3. The van der Waals surface area contributed by atoms with Crippen LogP contribution in [0.3, 0.4) is 0 Å². The van der Waals surface area contributed by atoms with Gasteiger partial charge in [-0.3, -0.25) is 0 Å². The van der Waals surface area contributed by atoms with Gasteiger partial charge in [-0.2, -0.15) is 0 Å². The summed E-state index contributed by atoms with van der Waals surface area (Å²) in [7, 11) is 1.69. The average Bonchev–Trinajstić information content (AvgIpc) is 2.34. The fraction of sp³-hybridized carbons (Fsp3) is 0.200. The van der Waals surface area contributed by atoms with E-state index in [0.717, 1.165) is 22.4 Å². The summed E-state index contributed by atoms with van der Waals surface area (Å²) in [5.74, 6) is 1.17. The predicted octanol–water partition coefficient (Wildman–Crippen LogP) is 3.68. The number of hydrogen-bond acceptors (Lipinski definition) is 2. The van der Waals surface area contributed by atoms with Gasteiger partial charge in [-0.15, -0.1) is 0 Å². The molecule has 0 fully saturated rings. The Morgan fingerprint density at radius 1 is 0.941 bits per heavy atom. The molecule has 88 valence electrons. The van der Waals surface area contributed by atoms with Gasteiger partial charge in [0.25, 0.3) is 0 Å². The van der Waals surface area contributed by atoms with E-state index in [4.69, 9.17) is 4.74 Å². The van der Waals surface area contributed by atoms with Crippen LogP contribution in [-0.2, 0) is 0 Å². The molecule has 2 aromatic carbocycles. The minimum absolute atomic E-state index is 0.275. The average molecular weight is 228 g/mol. The SMILES string of the molecule is COc1c(-c2ccc(O)cc2)ccc(C)c1C. The molecule has 0 saturated heterocycles. The maximum absolute atomic E-state index is 9.30. The van der Waals surface area contributed by atoms with E-state index in [1.807, 2.05) is 18.2 Å². The third kappa shape index (κ3) is 2.11. The van der Waals surface area contributed by atoms with Crippen LogP contribution in [0.2, 0.25) is 0 Å². The van der Waals surface area contributed by atoms with Gasteiger partial charge < -0.3 is 9.84 Å². The molecule has 2 rings (SSSR count). The number of rotatable bonds is 2. The van der Waals surface area contributed by atoms with Gasteiger partial charge in [0.1, 0.15) is 11.5 Å². The summed E-state index contributed by atoms with van der Waals surface area (Å²) in [5, 5.41) is 9.30. The molecule has 0 aromatic heterocycles. The first-order valence-electron chi connectivity index (χ1n) is 5.57. The Labute approximate surface area is 101 Å². The van der Waals surface area contributed by atoms with Gasteiger partial charge in [0.05, 0.1) is 7.11 Å². The molecular formula is C15H16O2. The molecule has 0 heterocycles. The number of methoxy groups -OCH3 is 1. The highest BCUT2D eigenvalue weighted by atomic mass is 16.5. The molecule has 17 heavy (non-hydrogen) atoms. The zero-order chi connectivity index (χ0) is 12.4. The summed E-state index contributed by atoms with van der Waals surface area (Å²) >= 11 is 0. The monoisotopic (exact) mass is 228 g/mol. The molecule has 0 unspecified atom stereocenters. The fourth-order valence-electron chi connectivity index (χ4n) is 1.92. The van der Waals surface area contributed by atoms with Crippen molar-refractivity contribution in [3.05, 3.63) is 47.5 Å². The standard InChI is InChI=1S/C15H16O2/c1-10-4-9-14(15(17-3)11(10)2)12-5-7-13(16)8-6-12/h4-9,16H,1-3H3. The number of ether oxygens (including phenoxy) is 1. The Balaban J connectivity index is 2.59. The molecule has 0 bridgehead atoms. The first kappa shape index (κ1) is 11.5. The summed E-state index contributed by atoms with van der Waals surface area (Å²) in [5.41, 5.74) is 4.46. The number of aryl methyl sites for hydroxylation is 1. The Kier molecular flexibility index (Phi) is 3.05. The molecule has 2 aromatic rings. The molecule has 1 N–H and O–H groups in total. The van der Waals surface area contributed by atoms with Crippen LogP contribution in [0.4, 0.5) is 0 Å². The molecule has 2 nitrogen and oxygen atoms in total. The van der Waals surface area contributed by atoms with E-state index in [1.165, 1.54) is 5.56 Å². The maximum atomic E-state index is 9.30. The summed E-state index contributed by atoms with van der Waals surface area (Å²) in [6, 6.07) is 11.3. The molecule has 0 saturated carbocycles. The second-order valence-electron chi connectivity index (χ2n) is 4.14. The van der Waals surface area contributed by atoms with Crippen molar-refractivity contribution < 1.29 is 9.84 Å². The van der Waals surface area contributed by atoms with E-state index in [2.05, 4.69) is 19.9 Å². The molecule has 2 heteroatoms. The third-order valence-electron chi connectivity index (χ3n) is 3.06. The molecule has 0 aliphatic carbocycles. The Morgan fingerprint density at radius 3 is 2.18 bits per heavy atom. The molecule has 0 amide bonds. The molecule has 0 atom stereocenters. The van der Waals surface area contributed by atoms with E-state index in [0.29, 0.717) is 0 Å². The topological polar surface area (TPSA) is 29.5 Å². The highest BCUT2D eigenvalue weighted by Crippen LogP contribution is 2.34. The van der Waals surface area contributed by atoms with E-state index < -0.39 is 0 Å². The zero-order valence-electron chi connectivity index (χ0n) is 10.3. The number of benzene rings is 2. The number of phenolic OH excluding ortho intramolecular Hbond substituents is 1. The number of aromatic hydroxyl groups is 1. The predicted molar refractivity (Wildman–Crippen MR) is 69.6 cm³/mol. The molecule has 0 aliphatic rings. The minimum atomic E-state index is 0.275. The van der Waals surface area contributed by atoms with Gasteiger partial charge in [0.2, 0.25) is 0 Å². The van der Waals surface area contributed by atoms with E-state index in [9.17, 15) is 5.11 Å². The van der Waals surface area contributed by atoms with Crippen molar-refractivity contribution in [1.82, 2.24) is 0 Å². The lowest BCUT2D eigenvalue weighted by molar-refractivity contribution is 0.413. The largest absolute Gasteiger partial charge is 0.508 e. The second kappa shape index (κ2) is 4.50. The van der Waals surface area contributed by atoms with Crippen molar-refractivity contribution in [1.29, 1.82) is 0 Å². The van der Waals surface area contributed by atoms with Crippen LogP contribution in [0.25, 0.3) is 11.1 Å². The van der Waals surface area contributed by atoms with Crippen molar-refractivity contribution >= 4 is 0 Å². The molecule has 0 spiro atoms. The number of hydrogen-bond donors (Lipinski definition) is 1. The highest BCUT2D eigenvalue weighted by molar-refractivity contribution is 5.73. The van der Waals surface area contributed by atoms with Crippen LogP contribution >= 0.6 is 0 Å². The van der Waals surface area contributed by atoms with Crippen LogP contribution in [-0.4, -0.2) is 12.2 Å². The summed E-state index contributed by atoms with van der Waals surface area (Å²) in [4.78, 5) is 0. The quantitative estimate of drug-likeness (QED) is 0.849. The van der Waals surface area contributed by atoms with Gasteiger partial charge in [0, 0.05) is 5.56 Å². The molecule has 0 aliphatic heterocycles. The third-order valence-corrected chi connectivity index (χ3v) is 3.06. The molecule has 0 radical (unpaired) electrons. The second-order valence-corrected chi connectivity index (χ2v) is 4.14. The van der Waals surface area contributed by atoms with Crippen molar-refractivity contribution in [3.63, 3.8) is 0 Å². The lowest BCUT2D eigenvalue weighted by Crippen LogP contribution is -1.93. The van der Waals surface area contributed by atoms with Gasteiger partial charge in [-0.1, -0.05) is 24.3 Å². The van der Waals surface area contributed by atoms with Crippen molar-refractivity contribution in [2.75, 3.05) is 7.11 Å². The van der Waals surface area contributed by atoms with E-state index in [1.54, 1.807) is 19.2 Å². The normalized spacial score (nSPS) is 10.3. The fourth-order valence-corrected chi connectivity index (χ4v) is 1.92. The van der Waals surface area contributed by atoms with Crippen molar-refractivity contribution in [3.8, 4) is 22.6 Å². The maximum Gasteiger partial charge on any atom is 0.129 e. The van der Waals surface area contributed by atoms with Crippen molar-refractivity contribution in [2.45, 2.75) is 13.8 Å². The van der Waals surface area contributed by atoms with Crippen LogP contribution < -0.4 is 4.74 Å². The first-order valence-corrected chi connectivity index (χ1v) is 5.57. The molecular weight excluding hydrogens is 212 g/mol. The smallest absolute Gasteiger partial charge is 0.129 e. The first-order chi connectivity index (χ1) is 8.13. The van der Waals surface area contributed by atoms with Gasteiger partial charge >= 0.3 is 0 Å². The lowest BCUT2D eigenvalue weighted by Gasteiger charge is -2.13. The van der Waals surface area contributed by atoms with E-state index in [-0.39, 0.29) is 5.75 Å². The van der Waals surface area contributed by atoms with Gasteiger partial charge in [-0.25, -0.2) is 0 Å². The summed E-state index contributed by atoms with van der Waals surface area (Å²) in [6.45, 7) is 4.12. The summed E-state index contributed by atoms with van der Waals surface area (Å²) < 4.78 is 5.48. The Bertz CT molecular complexity index is 527. The highest BCUT2D eigenvalue weighted by Gasteiger charge is 2.10. The van der Waals surface area contributed by atoms with Gasteiger partial charge in [0.15, 0.2) is 0 Å². The van der Waals surface area contributed by atoms with Crippen LogP contribution in [0.1, 0.15) is 11.1 Å². The summed E-state index contributed by atoms with van der Waals surface area (Å²) in [6.07, 6.45) is 0. The van der Waals surface area contributed by atoms with E-state index >= 15 is 0 Å². The van der Waals surface area contributed by atoms with Crippen LogP contribution in [0.15, 0.2) is 36.4 Å². The Morgan fingerprint density at radius 2 is 1.59 bits per heavy atom. The Hall–Kier alpha value is -1.96. The van der Waals surface area contributed by atoms with Crippen LogP contribution in [0.5, 0.6) is 11.5 Å². The van der Waals surface area contributed by atoms with Crippen molar-refractivity contribution in [2.24, 2.45) is 0 Å². The minimum Gasteiger partial charge on any atom is -0.508 e. The lowest BCUT2D eigenvalue weighted by atomic mass is 9.99. The van der Waals surface area contributed by atoms with Gasteiger partial charge in [-0.05, 0) is 42.7 Å². The number of phenols is 1. The van der Waals surface area contributed by atoms with Crippen LogP contribution in [0, 0.1) is 13.8 Å².